The van der Waals surface area contributed by atoms with Gasteiger partial charge in [0, 0.05) is 38.6 Å². The molecule has 2 unspecified atom stereocenters. The standard InChI is InChI=1S/C14H24N2O4/c1-16(13(19)15-8-3-5-12(17)18)10-9-11(20-2)14(10)6-4-7-14/h10-11H,3-9H2,1-2H3,(H,15,19)(H,17,18). The normalized spacial score (nSPS) is 26.5. The molecule has 0 heterocycles. The Balaban J connectivity index is 1.78. The third-order valence-electron chi connectivity index (χ3n) is 4.94. The van der Waals surface area contributed by atoms with Gasteiger partial charge in [0.1, 0.15) is 0 Å². The van der Waals surface area contributed by atoms with E-state index in [1.165, 1.54) is 6.42 Å². The molecule has 6 nitrogen and oxygen atoms in total. The summed E-state index contributed by atoms with van der Waals surface area (Å²) in [6, 6.07) is 0.141. The molecule has 2 amide bonds. The third kappa shape index (κ3) is 2.61. The lowest BCUT2D eigenvalue weighted by Gasteiger charge is -2.62. The summed E-state index contributed by atoms with van der Waals surface area (Å²) in [5.41, 5.74) is 0.169. The largest absolute Gasteiger partial charge is 0.481 e. The molecule has 2 N–H and O–H groups in total. The van der Waals surface area contributed by atoms with E-state index in [1.54, 1.807) is 12.0 Å². The number of amides is 2. The summed E-state index contributed by atoms with van der Waals surface area (Å²) >= 11 is 0. The van der Waals surface area contributed by atoms with Crippen LogP contribution in [0.5, 0.6) is 0 Å². The van der Waals surface area contributed by atoms with E-state index in [-0.39, 0.29) is 30.0 Å². The van der Waals surface area contributed by atoms with Gasteiger partial charge in [0.25, 0.3) is 0 Å². The average Bonchev–Trinajstić information content (AvgIpc) is 2.31. The van der Waals surface area contributed by atoms with Gasteiger partial charge in [-0.3, -0.25) is 4.79 Å². The van der Waals surface area contributed by atoms with Gasteiger partial charge in [0.05, 0.1) is 6.10 Å². The van der Waals surface area contributed by atoms with Gasteiger partial charge < -0.3 is 20.1 Å². The smallest absolute Gasteiger partial charge is 0.317 e. The molecule has 2 rings (SSSR count). The van der Waals surface area contributed by atoms with Gasteiger partial charge in [-0.1, -0.05) is 6.42 Å². The highest BCUT2D eigenvalue weighted by Crippen LogP contribution is 2.58. The Hall–Kier alpha value is -1.30. The summed E-state index contributed by atoms with van der Waals surface area (Å²) in [5, 5.41) is 11.3. The molecule has 0 aliphatic heterocycles. The molecule has 0 saturated heterocycles. The molecular weight excluding hydrogens is 260 g/mol. The lowest BCUT2D eigenvalue weighted by Crippen LogP contribution is -2.68. The maximum Gasteiger partial charge on any atom is 0.317 e. The summed E-state index contributed by atoms with van der Waals surface area (Å²) in [6.45, 7) is 0.406. The van der Waals surface area contributed by atoms with Crippen molar-refractivity contribution in [3.8, 4) is 0 Å². The van der Waals surface area contributed by atoms with Crippen LogP contribution in [0.2, 0.25) is 0 Å². The van der Waals surface area contributed by atoms with Gasteiger partial charge in [-0.25, -0.2) is 4.79 Å². The first-order valence-electron chi connectivity index (χ1n) is 7.26. The SMILES string of the molecule is COC1CC(N(C)C(=O)NCCCC(=O)O)C12CCC2. The zero-order chi connectivity index (χ0) is 14.8. The average molecular weight is 284 g/mol. The molecule has 2 aliphatic rings. The van der Waals surface area contributed by atoms with Gasteiger partial charge in [0.15, 0.2) is 0 Å². The number of carbonyl (C=O) groups excluding carboxylic acids is 1. The highest BCUT2D eigenvalue weighted by Gasteiger charge is 2.60. The summed E-state index contributed by atoms with van der Waals surface area (Å²) < 4.78 is 5.51. The van der Waals surface area contributed by atoms with Gasteiger partial charge in [-0.05, 0) is 25.7 Å². The molecule has 2 fully saturated rings. The number of hydrogen-bond donors (Lipinski definition) is 2. The third-order valence-corrected chi connectivity index (χ3v) is 4.94. The second kappa shape index (κ2) is 5.99. The first-order chi connectivity index (χ1) is 9.51. The fourth-order valence-electron chi connectivity index (χ4n) is 3.54. The molecule has 2 aliphatic carbocycles. The molecular formula is C14H24N2O4. The van der Waals surface area contributed by atoms with Crippen LogP contribution in [0.1, 0.15) is 38.5 Å². The minimum Gasteiger partial charge on any atom is -0.481 e. The molecule has 0 bridgehead atoms. The zero-order valence-electron chi connectivity index (χ0n) is 12.2. The first kappa shape index (κ1) is 15.1. The first-order valence-corrected chi connectivity index (χ1v) is 7.26. The number of nitrogens with one attached hydrogen (secondary N) is 1. The monoisotopic (exact) mass is 284 g/mol. The predicted molar refractivity (Wildman–Crippen MR) is 73.5 cm³/mol. The summed E-state index contributed by atoms with van der Waals surface area (Å²) in [6.07, 6.45) is 5.21. The highest BCUT2D eigenvalue weighted by molar-refractivity contribution is 5.74. The van der Waals surface area contributed by atoms with Gasteiger partial charge >= 0.3 is 12.0 Å². The Labute approximate surface area is 119 Å². The van der Waals surface area contributed by atoms with E-state index in [4.69, 9.17) is 9.84 Å². The summed E-state index contributed by atoms with van der Waals surface area (Å²) in [4.78, 5) is 24.2. The van der Waals surface area contributed by atoms with Crippen LogP contribution in [-0.4, -0.2) is 54.9 Å². The number of hydrogen-bond acceptors (Lipinski definition) is 3. The molecule has 0 radical (unpaired) electrons. The van der Waals surface area contributed by atoms with Crippen LogP contribution in [0.15, 0.2) is 0 Å². The fraction of sp³-hybridized carbons (Fsp3) is 0.857. The van der Waals surface area contributed by atoms with E-state index in [0.717, 1.165) is 19.3 Å². The minimum absolute atomic E-state index is 0.0864. The summed E-state index contributed by atoms with van der Waals surface area (Å²) in [5.74, 6) is -0.831. The lowest BCUT2D eigenvalue weighted by molar-refractivity contribution is -0.182. The molecule has 2 saturated carbocycles. The number of nitrogens with zero attached hydrogens (tertiary/aromatic N) is 1. The van der Waals surface area contributed by atoms with Crippen LogP contribution < -0.4 is 5.32 Å². The number of carboxylic acid groups (broad SMARTS) is 1. The number of carboxylic acids is 1. The number of rotatable bonds is 6. The van der Waals surface area contributed by atoms with Crippen molar-refractivity contribution >= 4 is 12.0 Å². The van der Waals surface area contributed by atoms with E-state index in [9.17, 15) is 9.59 Å². The Morgan fingerprint density at radius 3 is 2.65 bits per heavy atom. The van der Waals surface area contributed by atoms with Crippen LogP contribution >= 0.6 is 0 Å². The van der Waals surface area contributed by atoms with Crippen molar-refractivity contribution in [3.63, 3.8) is 0 Å². The van der Waals surface area contributed by atoms with Gasteiger partial charge in [-0.15, -0.1) is 0 Å². The Morgan fingerprint density at radius 2 is 2.15 bits per heavy atom. The second-order valence-electron chi connectivity index (χ2n) is 5.90. The molecule has 0 aromatic heterocycles. The minimum atomic E-state index is -0.831. The van der Waals surface area contributed by atoms with Gasteiger partial charge in [-0.2, -0.15) is 0 Å². The van der Waals surface area contributed by atoms with Crippen molar-refractivity contribution in [1.82, 2.24) is 10.2 Å². The Bertz CT molecular complexity index is 381. The summed E-state index contributed by atoms with van der Waals surface area (Å²) in [7, 11) is 3.57. The lowest BCUT2D eigenvalue weighted by atomic mass is 9.50. The van der Waals surface area contributed by atoms with Crippen LogP contribution in [0.4, 0.5) is 4.79 Å². The Morgan fingerprint density at radius 1 is 1.45 bits per heavy atom. The second-order valence-corrected chi connectivity index (χ2v) is 5.90. The van der Waals surface area contributed by atoms with Crippen LogP contribution in [0.25, 0.3) is 0 Å². The molecule has 114 valence electrons. The Kier molecular flexibility index (Phi) is 4.52. The molecule has 0 aromatic carbocycles. The van der Waals surface area contributed by atoms with E-state index < -0.39 is 5.97 Å². The molecule has 6 heteroatoms. The number of aliphatic carboxylic acids is 1. The predicted octanol–water partition coefficient (Wildman–Crippen LogP) is 1.45. The van der Waals surface area contributed by atoms with Gasteiger partial charge in [0.2, 0.25) is 0 Å². The van der Waals surface area contributed by atoms with Crippen LogP contribution in [-0.2, 0) is 9.53 Å². The van der Waals surface area contributed by atoms with E-state index >= 15 is 0 Å². The molecule has 1 spiro atoms. The van der Waals surface area contributed by atoms with Crippen molar-refractivity contribution in [3.05, 3.63) is 0 Å². The topological polar surface area (TPSA) is 78.9 Å². The van der Waals surface area contributed by atoms with Crippen molar-refractivity contribution in [2.24, 2.45) is 5.41 Å². The molecule has 2 atom stereocenters. The van der Waals surface area contributed by atoms with Crippen LogP contribution in [0.3, 0.4) is 0 Å². The van der Waals surface area contributed by atoms with E-state index in [2.05, 4.69) is 5.32 Å². The van der Waals surface area contributed by atoms with Crippen molar-refractivity contribution in [1.29, 1.82) is 0 Å². The number of methoxy groups -OCH3 is 1. The molecule has 20 heavy (non-hydrogen) atoms. The molecule has 0 aromatic rings. The van der Waals surface area contributed by atoms with E-state index in [1.807, 2.05) is 7.05 Å². The van der Waals surface area contributed by atoms with Crippen molar-refractivity contribution in [2.45, 2.75) is 50.7 Å². The number of carbonyl (C=O) groups is 2. The van der Waals surface area contributed by atoms with Crippen molar-refractivity contribution < 1.29 is 19.4 Å². The fourth-order valence-corrected chi connectivity index (χ4v) is 3.54. The van der Waals surface area contributed by atoms with E-state index in [0.29, 0.717) is 13.0 Å². The zero-order valence-corrected chi connectivity index (χ0v) is 12.2. The van der Waals surface area contributed by atoms with Crippen LogP contribution in [0, 0.1) is 5.41 Å². The quantitative estimate of drug-likeness (QED) is 0.724. The maximum atomic E-state index is 12.1. The highest BCUT2D eigenvalue weighted by atomic mass is 16.5. The van der Waals surface area contributed by atoms with Crippen molar-refractivity contribution in [2.75, 3.05) is 20.7 Å². The number of ether oxygens (including phenoxy) is 1. The maximum absolute atomic E-state index is 12.1. The number of urea groups is 1.